The summed E-state index contributed by atoms with van der Waals surface area (Å²) in [5, 5.41) is 0. The number of rotatable bonds is 3. The van der Waals surface area contributed by atoms with Gasteiger partial charge in [0.05, 0.1) is 12.5 Å². The molecule has 0 saturated carbocycles. The molecular weight excluding hydrogens is 374 g/mol. The van der Waals surface area contributed by atoms with Gasteiger partial charge in [-0.2, -0.15) is 0 Å². The Morgan fingerprint density at radius 2 is 1.57 bits per heavy atom. The van der Waals surface area contributed by atoms with Gasteiger partial charge in [-0.1, -0.05) is 24.3 Å². The Morgan fingerprint density at radius 1 is 0.800 bits per heavy atom. The van der Waals surface area contributed by atoms with Gasteiger partial charge < -0.3 is 9.64 Å². The third-order valence-corrected chi connectivity index (χ3v) is 7.90. The lowest BCUT2D eigenvalue weighted by Gasteiger charge is -2.44. The van der Waals surface area contributed by atoms with Gasteiger partial charge in [0.2, 0.25) is 5.91 Å². The third-order valence-electron chi connectivity index (χ3n) is 7.90. The minimum Gasteiger partial charge on any atom is -0.380 e. The van der Waals surface area contributed by atoms with Gasteiger partial charge in [-0.05, 0) is 75.7 Å². The highest BCUT2D eigenvalue weighted by molar-refractivity contribution is 5.79. The number of carbonyl (C=O) groups is 1. The van der Waals surface area contributed by atoms with Crippen molar-refractivity contribution in [2.24, 2.45) is 5.92 Å². The van der Waals surface area contributed by atoms with E-state index in [1.54, 1.807) is 11.1 Å². The lowest BCUT2D eigenvalue weighted by Crippen LogP contribution is -2.52. The van der Waals surface area contributed by atoms with Gasteiger partial charge in [0.25, 0.3) is 0 Å². The van der Waals surface area contributed by atoms with Crippen molar-refractivity contribution in [3.05, 3.63) is 35.4 Å². The van der Waals surface area contributed by atoms with Crippen LogP contribution in [0.2, 0.25) is 0 Å². The highest BCUT2D eigenvalue weighted by Crippen LogP contribution is 2.30. The maximum Gasteiger partial charge on any atom is 0.227 e. The molecule has 5 nitrogen and oxygen atoms in total. The van der Waals surface area contributed by atoms with Gasteiger partial charge in [-0.15, -0.1) is 0 Å². The maximum absolute atomic E-state index is 13.1. The van der Waals surface area contributed by atoms with Gasteiger partial charge in [0.15, 0.2) is 0 Å². The van der Waals surface area contributed by atoms with Crippen LogP contribution in [-0.2, 0) is 22.4 Å². The van der Waals surface area contributed by atoms with Crippen molar-refractivity contribution in [1.82, 2.24) is 14.7 Å². The van der Waals surface area contributed by atoms with Crippen molar-refractivity contribution in [1.29, 1.82) is 0 Å². The van der Waals surface area contributed by atoms with Crippen molar-refractivity contribution >= 4 is 5.91 Å². The summed E-state index contributed by atoms with van der Waals surface area (Å²) >= 11 is 0. The predicted octanol–water partition coefficient (Wildman–Crippen LogP) is 2.58. The summed E-state index contributed by atoms with van der Waals surface area (Å²) in [5.74, 6) is 0.575. The minimum atomic E-state index is 0.194. The number of ether oxygens (including phenoxy) is 1. The summed E-state index contributed by atoms with van der Waals surface area (Å²) < 4.78 is 5.54. The molecular formula is C25H37N3O2. The van der Waals surface area contributed by atoms with Gasteiger partial charge in [-0.3, -0.25) is 14.6 Å². The lowest BCUT2D eigenvalue weighted by molar-refractivity contribution is -0.137. The molecule has 0 spiro atoms. The van der Waals surface area contributed by atoms with E-state index in [9.17, 15) is 4.79 Å². The summed E-state index contributed by atoms with van der Waals surface area (Å²) in [5.41, 5.74) is 3.11. The molecule has 30 heavy (non-hydrogen) atoms. The zero-order valence-electron chi connectivity index (χ0n) is 18.3. The van der Waals surface area contributed by atoms with Crippen LogP contribution in [0, 0.1) is 5.92 Å². The van der Waals surface area contributed by atoms with E-state index in [1.807, 2.05) is 0 Å². The molecule has 1 unspecified atom stereocenters. The molecule has 1 amide bonds. The van der Waals surface area contributed by atoms with E-state index >= 15 is 0 Å². The first-order valence-electron chi connectivity index (χ1n) is 12.2. The fourth-order valence-electron chi connectivity index (χ4n) is 6.17. The van der Waals surface area contributed by atoms with Crippen LogP contribution in [-0.4, -0.2) is 85.2 Å². The highest BCUT2D eigenvalue weighted by atomic mass is 16.5. The lowest BCUT2D eigenvalue weighted by atomic mass is 9.92. The monoisotopic (exact) mass is 411 g/mol. The van der Waals surface area contributed by atoms with Crippen molar-refractivity contribution in [3.63, 3.8) is 0 Å². The van der Waals surface area contributed by atoms with Crippen LogP contribution in [0.4, 0.5) is 0 Å². The van der Waals surface area contributed by atoms with Crippen LogP contribution in [0.5, 0.6) is 0 Å². The normalized spacial score (nSPS) is 27.7. The number of carbonyl (C=O) groups excluding carboxylic acids is 1. The van der Waals surface area contributed by atoms with E-state index in [0.29, 0.717) is 24.6 Å². The molecule has 3 saturated heterocycles. The highest BCUT2D eigenvalue weighted by Gasteiger charge is 2.35. The molecule has 1 aromatic carbocycles. The fraction of sp³-hybridized carbons (Fsp3) is 0.720. The van der Waals surface area contributed by atoms with Crippen LogP contribution in [0.1, 0.15) is 43.2 Å². The van der Waals surface area contributed by atoms with Crippen LogP contribution in [0.3, 0.4) is 0 Å². The quantitative estimate of drug-likeness (QED) is 0.766. The topological polar surface area (TPSA) is 36.0 Å². The van der Waals surface area contributed by atoms with E-state index in [4.69, 9.17) is 4.74 Å². The third kappa shape index (κ3) is 4.44. The molecule has 3 fully saturated rings. The summed E-state index contributed by atoms with van der Waals surface area (Å²) in [7, 11) is 0. The minimum absolute atomic E-state index is 0.194. The summed E-state index contributed by atoms with van der Waals surface area (Å²) in [4.78, 5) is 20.6. The second kappa shape index (κ2) is 9.37. The largest absolute Gasteiger partial charge is 0.380 e. The first-order valence-corrected chi connectivity index (χ1v) is 12.2. The second-order valence-corrected chi connectivity index (χ2v) is 9.72. The van der Waals surface area contributed by atoms with E-state index in [1.165, 1.54) is 51.7 Å². The van der Waals surface area contributed by atoms with Crippen molar-refractivity contribution in [2.45, 2.75) is 57.0 Å². The van der Waals surface area contributed by atoms with Crippen LogP contribution < -0.4 is 0 Å². The average molecular weight is 412 g/mol. The molecule has 5 rings (SSSR count). The zero-order valence-corrected chi connectivity index (χ0v) is 18.3. The van der Waals surface area contributed by atoms with Gasteiger partial charge in [0.1, 0.15) is 0 Å². The molecule has 5 heteroatoms. The van der Waals surface area contributed by atoms with Gasteiger partial charge >= 0.3 is 0 Å². The van der Waals surface area contributed by atoms with E-state index < -0.39 is 0 Å². The fourth-order valence-corrected chi connectivity index (χ4v) is 6.17. The van der Waals surface area contributed by atoms with E-state index in [2.05, 4.69) is 39.0 Å². The summed E-state index contributed by atoms with van der Waals surface area (Å²) in [6.07, 6.45) is 8.16. The molecule has 1 atom stereocenters. The molecule has 0 N–H and O–H groups in total. The standard InChI is InChI=1S/C25H37N3O2/c29-25(27-11-4-15-30-16-14-27)22-7-3-10-28(19-22)23-8-12-26(13-9-23)24-17-20-5-1-2-6-21(20)18-24/h1-2,5-6,22-24H,3-4,7-19H2. The van der Waals surface area contributed by atoms with Crippen LogP contribution in [0.25, 0.3) is 0 Å². The molecule has 0 aromatic heterocycles. The Hall–Kier alpha value is -1.43. The van der Waals surface area contributed by atoms with Gasteiger partial charge in [-0.25, -0.2) is 0 Å². The summed E-state index contributed by atoms with van der Waals surface area (Å²) in [6, 6.07) is 10.3. The number of fused-ring (bicyclic) bond motifs is 1. The molecule has 0 bridgehead atoms. The number of likely N-dealkylation sites (tertiary alicyclic amines) is 2. The number of piperidine rings is 2. The number of hydrogen-bond donors (Lipinski definition) is 0. The molecule has 3 heterocycles. The Kier molecular flexibility index (Phi) is 6.40. The Bertz CT molecular complexity index is 698. The second-order valence-electron chi connectivity index (χ2n) is 9.72. The van der Waals surface area contributed by atoms with Crippen molar-refractivity contribution in [3.8, 4) is 0 Å². The first kappa shape index (κ1) is 20.5. The van der Waals surface area contributed by atoms with Crippen molar-refractivity contribution in [2.75, 3.05) is 52.5 Å². The van der Waals surface area contributed by atoms with Crippen LogP contribution in [0.15, 0.2) is 24.3 Å². The Balaban J connectivity index is 1.12. The van der Waals surface area contributed by atoms with Crippen molar-refractivity contribution < 1.29 is 9.53 Å². The molecule has 3 aliphatic heterocycles. The van der Waals surface area contributed by atoms with Crippen LogP contribution >= 0.6 is 0 Å². The summed E-state index contributed by atoms with van der Waals surface area (Å²) in [6.45, 7) is 7.71. The Morgan fingerprint density at radius 3 is 2.33 bits per heavy atom. The number of nitrogens with zero attached hydrogens (tertiary/aromatic N) is 3. The average Bonchev–Trinajstić information content (AvgIpc) is 3.05. The molecule has 164 valence electrons. The SMILES string of the molecule is O=C(C1CCCN(C2CCN(C3Cc4ccccc4C3)CC2)C1)N1CCCOCC1. The molecule has 1 aliphatic carbocycles. The zero-order chi connectivity index (χ0) is 20.3. The van der Waals surface area contributed by atoms with Gasteiger partial charge in [0, 0.05) is 38.3 Å². The predicted molar refractivity (Wildman–Crippen MR) is 119 cm³/mol. The maximum atomic E-state index is 13.1. The van der Waals surface area contributed by atoms with E-state index in [-0.39, 0.29) is 5.92 Å². The van der Waals surface area contributed by atoms with E-state index in [0.717, 1.165) is 39.1 Å². The first-order chi connectivity index (χ1) is 14.8. The number of amides is 1. The molecule has 1 aromatic rings. The molecule has 4 aliphatic rings. The molecule has 0 radical (unpaired) electrons. The number of benzene rings is 1. The Labute approximate surface area is 181 Å². The number of hydrogen-bond acceptors (Lipinski definition) is 4. The smallest absolute Gasteiger partial charge is 0.227 e.